The molecule has 21 heavy (non-hydrogen) atoms. The summed E-state index contributed by atoms with van der Waals surface area (Å²) < 4.78 is 4.95. The van der Waals surface area contributed by atoms with Gasteiger partial charge in [-0.1, -0.05) is 44.2 Å². The Morgan fingerprint density at radius 1 is 1.14 bits per heavy atom. The van der Waals surface area contributed by atoms with Crippen LogP contribution in [0.3, 0.4) is 0 Å². The number of oxazole rings is 1. The van der Waals surface area contributed by atoms with Gasteiger partial charge in [-0.2, -0.15) is 0 Å². The zero-order valence-electron chi connectivity index (χ0n) is 13.0. The van der Waals surface area contributed by atoms with Crippen LogP contribution in [0.15, 0.2) is 47.4 Å². The summed E-state index contributed by atoms with van der Waals surface area (Å²) in [5.74, 6) is 0.201. The maximum Gasteiger partial charge on any atom is 0.276 e. The van der Waals surface area contributed by atoms with Crippen LogP contribution >= 0.6 is 0 Å². The van der Waals surface area contributed by atoms with Crippen molar-refractivity contribution in [3.05, 3.63) is 54.2 Å². The van der Waals surface area contributed by atoms with Crippen molar-refractivity contribution in [3.8, 4) is 0 Å². The second kappa shape index (κ2) is 6.57. The Morgan fingerprint density at radius 3 is 2.29 bits per heavy atom. The zero-order valence-corrected chi connectivity index (χ0v) is 13.0. The van der Waals surface area contributed by atoms with Crippen LogP contribution in [0.25, 0.3) is 0 Å². The number of rotatable bonds is 5. The molecule has 0 bridgehead atoms. The summed E-state index contributed by atoms with van der Waals surface area (Å²) in [6.07, 6.45) is 2.69. The molecule has 0 radical (unpaired) electrons. The molecule has 0 aliphatic heterocycles. The predicted octanol–water partition coefficient (Wildman–Crippen LogP) is 3.92. The van der Waals surface area contributed by atoms with Crippen LogP contribution in [0.1, 0.15) is 49.8 Å². The number of hydrogen-bond donors (Lipinski definition) is 0. The van der Waals surface area contributed by atoms with Crippen LogP contribution in [-0.4, -0.2) is 21.8 Å². The Balaban J connectivity index is 2.41. The largest absolute Gasteiger partial charge is 0.451 e. The minimum Gasteiger partial charge on any atom is -0.451 e. The quantitative estimate of drug-likeness (QED) is 0.836. The van der Waals surface area contributed by atoms with E-state index < -0.39 is 0 Å². The SMILES string of the molecule is CC(C)C(c1ccccc1)N(C(=O)c1cocn1)C(C)C. The maximum atomic E-state index is 12.8. The van der Waals surface area contributed by atoms with Gasteiger partial charge < -0.3 is 9.32 Å². The Labute approximate surface area is 125 Å². The molecule has 0 fully saturated rings. The summed E-state index contributed by atoms with van der Waals surface area (Å²) in [5.41, 5.74) is 1.49. The summed E-state index contributed by atoms with van der Waals surface area (Å²) in [6, 6.07) is 10.2. The van der Waals surface area contributed by atoms with Gasteiger partial charge in [-0.25, -0.2) is 4.98 Å². The third-order valence-corrected chi connectivity index (χ3v) is 3.51. The summed E-state index contributed by atoms with van der Waals surface area (Å²) in [4.78, 5) is 18.7. The van der Waals surface area contributed by atoms with E-state index in [1.165, 1.54) is 12.7 Å². The fourth-order valence-electron chi connectivity index (χ4n) is 2.65. The van der Waals surface area contributed by atoms with Gasteiger partial charge in [0.1, 0.15) is 6.26 Å². The highest BCUT2D eigenvalue weighted by atomic mass is 16.3. The number of carbonyl (C=O) groups excluding carboxylic acids is 1. The standard InChI is InChI=1S/C17H22N2O2/c1-12(2)16(14-8-6-5-7-9-14)19(13(3)4)17(20)15-10-21-11-18-15/h5-13,16H,1-4H3. The fourth-order valence-corrected chi connectivity index (χ4v) is 2.65. The minimum atomic E-state index is -0.0960. The summed E-state index contributed by atoms with van der Waals surface area (Å²) in [6.45, 7) is 8.30. The summed E-state index contributed by atoms with van der Waals surface area (Å²) in [7, 11) is 0. The van der Waals surface area contributed by atoms with Crippen LogP contribution in [-0.2, 0) is 0 Å². The third kappa shape index (κ3) is 3.32. The van der Waals surface area contributed by atoms with E-state index in [0.29, 0.717) is 11.6 Å². The van der Waals surface area contributed by atoms with Gasteiger partial charge in [0.05, 0.1) is 6.04 Å². The highest BCUT2D eigenvalue weighted by Crippen LogP contribution is 2.31. The molecule has 4 nitrogen and oxygen atoms in total. The minimum absolute atomic E-state index is 0.00963. The van der Waals surface area contributed by atoms with E-state index in [-0.39, 0.29) is 18.0 Å². The molecule has 4 heteroatoms. The van der Waals surface area contributed by atoms with Crippen molar-refractivity contribution in [1.82, 2.24) is 9.88 Å². The molecule has 112 valence electrons. The molecule has 0 aliphatic carbocycles. The van der Waals surface area contributed by atoms with Crippen molar-refractivity contribution in [2.24, 2.45) is 5.92 Å². The van der Waals surface area contributed by atoms with Crippen molar-refractivity contribution >= 4 is 5.91 Å². The van der Waals surface area contributed by atoms with Crippen molar-refractivity contribution in [3.63, 3.8) is 0 Å². The molecule has 1 aromatic carbocycles. The van der Waals surface area contributed by atoms with Gasteiger partial charge in [0, 0.05) is 6.04 Å². The van der Waals surface area contributed by atoms with Crippen LogP contribution in [0.5, 0.6) is 0 Å². The molecule has 0 saturated carbocycles. The highest BCUT2D eigenvalue weighted by Gasteiger charge is 2.31. The zero-order chi connectivity index (χ0) is 15.4. The molecule has 1 aromatic heterocycles. The lowest BCUT2D eigenvalue weighted by molar-refractivity contribution is 0.0534. The molecule has 0 spiro atoms. The number of hydrogen-bond acceptors (Lipinski definition) is 3. The van der Waals surface area contributed by atoms with E-state index in [1.807, 2.05) is 36.9 Å². The molecular weight excluding hydrogens is 264 g/mol. The molecule has 0 aliphatic rings. The van der Waals surface area contributed by atoms with E-state index >= 15 is 0 Å². The van der Waals surface area contributed by atoms with Crippen molar-refractivity contribution in [1.29, 1.82) is 0 Å². The highest BCUT2D eigenvalue weighted by molar-refractivity contribution is 5.92. The lowest BCUT2D eigenvalue weighted by Gasteiger charge is -2.37. The first-order valence-electron chi connectivity index (χ1n) is 7.28. The van der Waals surface area contributed by atoms with Gasteiger partial charge in [0.25, 0.3) is 5.91 Å². The average molecular weight is 286 g/mol. The molecule has 1 unspecified atom stereocenters. The van der Waals surface area contributed by atoms with E-state index in [1.54, 1.807) is 0 Å². The van der Waals surface area contributed by atoms with E-state index in [2.05, 4.69) is 31.0 Å². The normalized spacial score (nSPS) is 12.7. The van der Waals surface area contributed by atoms with Gasteiger partial charge in [-0.05, 0) is 25.3 Å². The molecule has 2 aromatic rings. The number of benzene rings is 1. The predicted molar refractivity (Wildman–Crippen MR) is 81.8 cm³/mol. The molecule has 0 N–H and O–H groups in total. The van der Waals surface area contributed by atoms with Crippen LogP contribution < -0.4 is 0 Å². The van der Waals surface area contributed by atoms with Gasteiger partial charge in [-0.15, -0.1) is 0 Å². The Bertz CT molecular complexity index is 562. The van der Waals surface area contributed by atoms with E-state index in [0.717, 1.165) is 5.56 Å². The van der Waals surface area contributed by atoms with Gasteiger partial charge in [0.15, 0.2) is 12.1 Å². The van der Waals surface area contributed by atoms with Crippen LogP contribution in [0.2, 0.25) is 0 Å². The molecule has 1 amide bonds. The summed E-state index contributed by atoms with van der Waals surface area (Å²) >= 11 is 0. The van der Waals surface area contributed by atoms with Gasteiger partial charge >= 0.3 is 0 Å². The third-order valence-electron chi connectivity index (χ3n) is 3.51. The van der Waals surface area contributed by atoms with Crippen LogP contribution in [0, 0.1) is 5.92 Å². The summed E-state index contributed by atoms with van der Waals surface area (Å²) in [5, 5.41) is 0. The maximum absolute atomic E-state index is 12.8. The number of amides is 1. The second-order valence-corrected chi connectivity index (χ2v) is 5.78. The lowest BCUT2D eigenvalue weighted by Crippen LogP contribution is -2.42. The fraction of sp³-hybridized carbons (Fsp3) is 0.412. The van der Waals surface area contributed by atoms with Crippen molar-refractivity contribution < 1.29 is 9.21 Å². The van der Waals surface area contributed by atoms with Crippen molar-refractivity contribution in [2.75, 3.05) is 0 Å². The number of nitrogens with zero attached hydrogens (tertiary/aromatic N) is 2. The number of carbonyl (C=O) groups is 1. The van der Waals surface area contributed by atoms with E-state index in [4.69, 9.17) is 4.42 Å². The molecular formula is C17H22N2O2. The van der Waals surface area contributed by atoms with Gasteiger partial charge in [-0.3, -0.25) is 4.79 Å². The first-order valence-corrected chi connectivity index (χ1v) is 7.28. The van der Waals surface area contributed by atoms with E-state index in [9.17, 15) is 4.79 Å². The topological polar surface area (TPSA) is 46.3 Å². The lowest BCUT2D eigenvalue weighted by atomic mass is 9.93. The number of aromatic nitrogens is 1. The smallest absolute Gasteiger partial charge is 0.276 e. The molecule has 1 heterocycles. The first kappa shape index (κ1) is 15.3. The average Bonchev–Trinajstić information content (AvgIpc) is 2.98. The monoisotopic (exact) mass is 286 g/mol. The molecule has 1 atom stereocenters. The van der Waals surface area contributed by atoms with Crippen LogP contribution in [0.4, 0.5) is 0 Å². The Hall–Kier alpha value is -2.10. The Morgan fingerprint density at radius 2 is 1.81 bits per heavy atom. The molecule has 0 saturated heterocycles. The first-order chi connectivity index (χ1) is 10.0. The van der Waals surface area contributed by atoms with Gasteiger partial charge in [0.2, 0.25) is 0 Å². The Kier molecular flexibility index (Phi) is 4.78. The second-order valence-electron chi connectivity index (χ2n) is 5.78. The molecule has 2 rings (SSSR count). The van der Waals surface area contributed by atoms with Crippen molar-refractivity contribution in [2.45, 2.75) is 39.8 Å².